The summed E-state index contributed by atoms with van der Waals surface area (Å²) in [4.78, 5) is 5.80. The van der Waals surface area contributed by atoms with Gasteiger partial charge in [0.05, 0.1) is 6.04 Å². The van der Waals surface area contributed by atoms with Crippen molar-refractivity contribution in [3.63, 3.8) is 0 Å². The summed E-state index contributed by atoms with van der Waals surface area (Å²) in [5, 5.41) is 4.10. The summed E-state index contributed by atoms with van der Waals surface area (Å²) in [7, 11) is 0. The van der Waals surface area contributed by atoms with Crippen LogP contribution in [0.25, 0.3) is 0 Å². The summed E-state index contributed by atoms with van der Waals surface area (Å²) in [6, 6.07) is 3.54. The van der Waals surface area contributed by atoms with Crippen LogP contribution in [0.15, 0.2) is 30.9 Å². The lowest BCUT2D eigenvalue weighted by molar-refractivity contribution is -0.275. The Kier molecular flexibility index (Phi) is 4.70. The first-order valence-electron chi connectivity index (χ1n) is 7.52. The zero-order valence-corrected chi connectivity index (χ0v) is 12.7. The van der Waals surface area contributed by atoms with Gasteiger partial charge in [-0.25, -0.2) is 14.1 Å². The fraction of sp³-hybridized carbons (Fsp3) is 0.467. The van der Waals surface area contributed by atoms with Crippen molar-refractivity contribution >= 4 is 0 Å². The van der Waals surface area contributed by atoms with Crippen molar-refractivity contribution in [1.82, 2.24) is 19.7 Å². The Hall–Kier alpha value is -2.16. The van der Waals surface area contributed by atoms with E-state index in [-0.39, 0.29) is 18.2 Å². The minimum Gasteiger partial charge on any atom is -0.405 e. The average Bonchev–Trinajstić information content (AvgIpc) is 3.04. The number of ether oxygens (including phenoxy) is 1. The Bertz CT molecular complexity index is 675. The van der Waals surface area contributed by atoms with E-state index in [9.17, 15) is 17.6 Å². The van der Waals surface area contributed by atoms with Crippen LogP contribution in [0.1, 0.15) is 24.4 Å². The number of halogens is 4. The summed E-state index contributed by atoms with van der Waals surface area (Å²) in [6.07, 6.45) is -0.0776. The predicted octanol–water partition coefficient (Wildman–Crippen LogP) is 3.15. The van der Waals surface area contributed by atoms with Gasteiger partial charge in [0.25, 0.3) is 0 Å². The second-order valence-corrected chi connectivity index (χ2v) is 5.67. The first kappa shape index (κ1) is 16.7. The Balaban J connectivity index is 1.75. The molecule has 1 aliphatic heterocycles. The maximum Gasteiger partial charge on any atom is 0.573 e. The highest BCUT2D eigenvalue weighted by molar-refractivity contribution is 5.34. The Labute approximate surface area is 135 Å². The van der Waals surface area contributed by atoms with Gasteiger partial charge in [0, 0.05) is 18.7 Å². The van der Waals surface area contributed by atoms with E-state index in [1.54, 1.807) is 11.0 Å². The fourth-order valence-corrected chi connectivity index (χ4v) is 2.93. The molecule has 9 heteroatoms. The molecule has 0 saturated carbocycles. The molecule has 2 aromatic rings. The minimum absolute atomic E-state index is 0.0449. The van der Waals surface area contributed by atoms with Crippen LogP contribution in [0.2, 0.25) is 0 Å². The number of hydrogen-bond acceptors (Lipinski definition) is 4. The molecule has 1 saturated heterocycles. The van der Waals surface area contributed by atoms with Crippen LogP contribution in [0.3, 0.4) is 0 Å². The summed E-state index contributed by atoms with van der Waals surface area (Å²) in [5.41, 5.74) is -0.0888. The van der Waals surface area contributed by atoms with Crippen molar-refractivity contribution in [3.8, 4) is 5.75 Å². The van der Waals surface area contributed by atoms with E-state index < -0.39 is 17.9 Å². The molecule has 1 atom stereocenters. The second-order valence-electron chi connectivity index (χ2n) is 5.67. The summed E-state index contributed by atoms with van der Waals surface area (Å²) < 4.78 is 57.2. The molecule has 24 heavy (non-hydrogen) atoms. The van der Waals surface area contributed by atoms with Crippen molar-refractivity contribution in [2.75, 3.05) is 13.1 Å². The minimum atomic E-state index is -4.85. The molecular formula is C15H16F4N4O. The van der Waals surface area contributed by atoms with Gasteiger partial charge in [0.15, 0.2) is 0 Å². The van der Waals surface area contributed by atoms with E-state index >= 15 is 0 Å². The second kappa shape index (κ2) is 6.76. The number of piperidine rings is 1. The van der Waals surface area contributed by atoms with Gasteiger partial charge in [0.1, 0.15) is 24.2 Å². The summed E-state index contributed by atoms with van der Waals surface area (Å²) in [6.45, 7) is 1.28. The van der Waals surface area contributed by atoms with Gasteiger partial charge < -0.3 is 4.74 Å². The van der Waals surface area contributed by atoms with Gasteiger partial charge in [-0.2, -0.15) is 5.10 Å². The van der Waals surface area contributed by atoms with Crippen LogP contribution in [0, 0.1) is 5.82 Å². The molecular weight excluding hydrogens is 328 g/mol. The topological polar surface area (TPSA) is 43.2 Å². The van der Waals surface area contributed by atoms with Crippen molar-refractivity contribution < 1.29 is 22.3 Å². The maximum atomic E-state index is 14.0. The highest BCUT2D eigenvalue weighted by atomic mass is 19.4. The lowest BCUT2D eigenvalue weighted by Gasteiger charge is -2.33. The number of benzene rings is 1. The van der Waals surface area contributed by atoms with Crippen LogP contribution in [-0.4, -0.2) is 39.1 Å². The molecule has 0 unspecified atom stereocenters. The largest absolute Gasteiger partial charge is 0.573 e. The molecule has 5 nitrogen and oxygen atoms in total. The van der Waals surface area contributed by atoms with E-state index in [0.717, 1.165) is 25.0 Å². The summed E-state index contributed by atoms with van der Waals surface area (Å²) >= 11 is 0. The molecule has 0 aliphatic carbocycles. The molecule has 130 valence electrons. The van der Waals surface area contributed by atoms with Crippen LogP contribution < -0.4 is 4.74 Å². The number of aromatic nitrogens is 3. The normalized spacial score (nSPS) is 19.4. The van der Waals surface area contributed by atoms with Crippen molar-refractivity contribution in [3.05, 3.63) is 42.2 Å². The smallest absolute Gasteiger partial charge is 0.405 e. The molecule has 0 bridgehead atoms. The average molecular weight is 344 g/mol. The van der Waals surface area contributed by atoms with Gasteiger partial charge in [-0.3, -0.25) is 4.90 Å². The van der Waals surface area contributed by atoms with Gasteiger partial charge in [0.2, 0.25) is 0 Å². The predicted molar refractivity (Wildman–Crippen MR) is 76.7 cm³/mol. The molecule has 1 aliphatic rings. The first-order chi connectivity index (χ1) is 11.4. The van der Waals surface area contributed by atoms with E-state index in [1.807, 2.05) is 4.90 Å². The highest BCUT2D eigenvalue weighted by Gasteiger charge is 2.33. The van der Waals surface area contributed by atoms with Gasteiger partial charge in [-0.05, 0) is 31.5 Å². The quantitative estimate of drug-likeness (QED) is 0.799. The van der Waals surface area contributed by atoms with Gasteiger partial charge >= 0.3 is 6.36 Å². The van der Waals surface area contributed by atoms with E-state index in [0.29, 0.717) is 13.1 Å². The number of nitrogens with zero attached hydrogens (tertiary/aromatic N) is 4. The lowest BCUT2D eigenvalue weighted by atomic mass is 10.0. The molecule has 3 rings (SSSR count). The number of hydrogen-bond donors (Lipinski definition) is 0. The third kappa shape index (κ3) is 4.02. The zero-order chi connectivity index (χ0) is 17.2. The van der Waals surface area contributed by atoms with Gasteiger partial charge in [-0.15, -0.1) is 13.2 Å². The monoisotopic (exact) mass is 344 g/mol. The van der Waals surface area contributed by atoms with Crippen LogP contribution >= 0.6 is 0 Å². The van der Waals surface area contributed by atoms with E-state index in [4.69, 9.17) is 0 Å². The highest BCUT2D eigenvalue weighted by Crippen LogP contribution is 2.30. The third-order valence-electron chi connectivity index (χ3n) is 3.97. The van der Waals surface area contributed by atoms with Crippen molar-refractivity contribution in [2.45, 2.75) is 31.8 Å². The molecule has 1 fully saturated rings. The fourth-order valence-electron chi connectivity index (χ4n) is 2.93. The molecule has 0 spiro atoms. The molecule has 1 aromatic carbocycles. The van der Waals surface area contributed by atoms with Crippen molar-refractivity contribution in [1.29, 1.82) is 0 Å². The van der Waals surface area contributed by atoms with E-state index in [2.05, 4.69) is 14.8 Å². The first-order valence-corrected chi connectivity index (χ1v) is 7.52. The lowest BCUT2D eigenvalue weighted by Crippen LogP contribution is -2.36. The Morgan fingerprint density at radius 3 is 2.83 bits per heavy atom. The Morgan fingerprint density at radius 1 is 1.29 bits per heavy atom. The van der Waals surface area contributed by atoms with Crippen LogP contribution in [-0.2, 0) is 6.54 Å². The summed E-state index contributed by atoms with van der Waals surface area (Å²) in [5.74, 6) is -1.20. The molecule has 0 N–H and O–H groups in total. The number of alkyl halides is 3. The number of likely N-dealkylation sites (tertiary alicyclic amines) is 1. The van der Waals surface area contributed by atoms with Crippen molar-refractivity contribution in [2.24, 2.45) is 0 Å². The molecule has 1 aromatic heterocycles. The standard InChI is InChI=1S/C15H16F4N4O/c16-13-4-1-5-14(24-15(17,18)19)12(13)8-22-6-2-3-11(7-22)23-10-20-9-21-23/h1,4-5,9-11H,2-3,6-8H2/t11-/m0/s1. The number of rotatable bonds is 4. The third-order valence-corrected chi connectivity index (χ3v) is 3.97. The SMILES string of the molecule is Fc1cccc(OC(F)(F)F)c1CN1CCC[C@H](n2cncn2)C1. The van der Waals surface area contributed by atoms with Crippen LogP contribution in [0.4, 0.5) is 17.6 Å². The molecule has 2 heterocycles. The molecule has 0 amide bonds. The maximum absolute atomic E-state index is 14.0. The van der Waals surface area contributed by atoms with E-state index in [1.165, 1.54) is 12.4 Å². The zero-order valence-electron chi connectivity index (χ0n) is 12.7. The molecule has 0 radical (unpaired) electrons. The Morgan fingerprint density at radius 2 is 2.12 bits per heavy atom. The van der Waals surface area contributed by atoms with Gasteiger partial charge in [-0.1, -0.05) is 6.07 Å². The van der Waals surface area contributed by atoms with Crippen LogP contribution in [0.5, 0.6) is 5.75 Å².